The van der Waals surface area contributed by atoms with Crippen LogP contribution in [0.3, 0.4) is 0 Å². The predicted molar refractivity (Wildman–Crippen MR) is 49.2 cm³/mol. The molecule has 0 bridgehead atoms. The average Bonchev–Trinajstić information content (AvgIpc) is 2.13. The van der Waals surface area contributed by atoms with Crippen molar-refractivity contribution in [3.05, 3.63) is 34.6 Å². The van der Waals surface area contributed by atoms with Crippen molar-refractivity contribution in [2.75, 3.05) is 13.2 Å². The molecule has 0 aromatic heterocycles. The van der Waals surface area contributed by atoms with Gasteiger partial charge in [0.25, 0.3) is 0 Å². The van der Waals surface area contributed by atoms with Crippen molar-refractivity contribution in [2.45, 2.75) is 5.92 Å². The lowest BCUT2D eigenvalue weighted by atomic mass is 10.0. The minimum Gasteiger partial charge on any atom is -0.330 e. The van der Waals surface area contributed by atoms with Gasteiger partial charge in [-0.15, -0.1) is 0 Å². The zero-order valence-corrected chi connectivity index (χ0v) is 7.69. The topological polar surface area (TPSA) is 26.0 Å². The second kappa shape index (κ2) is 4.53. The van der Waals surface area contributed by atoms with Crippen LogP contribution in [-0.2, 0) is 0 Å². The summed E-state index contributed by atoms with van der Waals surface area (Å²) in [5.74, 6) is -0.974. The van der Waals surface area contributed by atoms with E-state index in [-0.39, 0.29) is 11.6 Å². The van der Waals surface area contributed by atoms with Crippen molar-refractivity contribution >= 4 is 11.6 Å². The molecule has 1 aromatic carbocycles. The summed E-state index contributed by atoms with van der Waals surface area (Å²) in [4.78, 5) is 0. The Morgan fingerprint density at radius 2 is 2.15 bits per heavy atom. The van der Waals surface area contributed by atoms with Crippen LogP contribution in [0.25, 0.3) is 0 Å². The molecule has 1 aromatic rings. The Morgan fingerprint density at radius 3 is 2.62 bits per heavy atom. The molecule has 0 fully saturated rings. The highest BCUT2D eigenvalue weighted by Gasteiger charge is 2.10. The van der Waals surface area contributed by atoms with E-state index in [9.17, 15) is 8.78 Å². The molecule has 0 saturated heterocycles. The van der Waals surface area contributed by atoms with E-state index < -0.39 is 18.4 Å². The minimum atomic E-state index is -0.586. The van der Waals surface area contributed by atoms with Crippen LogP contribution in [0, 0.1) is 5.82 Å². The first-order valence-corrected chi connectivity index (χ1v) is 4.27. The fourth-order valence-corrected chi connectivity index (χ4v) is 1.17. The Kier molecular flexibility index (Phi) is 3.63. The molecule has 0 saturated carbocycles. The highest BCUT2D eigenvalue weighted by molar-refractivity contribution is 6.30. The van der Waals surface area contributed by atoms with E-state index in [0.717, 1.165) is 0 Å². The molecule has 0 aliphatic heterocycles. The van der Waals surface area contributed by atoms with Gasteiger partial charge in [0, 0.05) is 12.5 Å². The van der Waals surface area contributed by atoms with Gasteiger partial charge in [-0.1, -0.05) is 17.7 Å². The van der Waals surface area contributed by atoms with Crippen molar-refractivity contribution in [3.63, 3.8) is 0 Å². The van der Waals surface area contributed by atoms with Crippen molar-refractivity contribution in [2.24, 2.45) is 5.73 Å². The van der Waals surface area contributed by atoms with Crippen LogP contribution in [0.15, 0.2) is 18.2 Å². The highest BCUT2D eigenvalue weighted by Crippen LogP contribution is 2.21. The first-order valence-electron chi connectivity index (χ1n) is 3.90. The average molecular weight is 206 g/mol. The van der Waals surface area contributed by atoms with E-state index in [2.05, 4.69) is 0 Å². The van der Waals surface area contributed by atoms with E-state index in [0.29, 0.717) is 5.56 Å². The number of rotatable bonds is 3. The standard InChI is InChI=1S/C9H10ClF2N/c10-8-2-1-6(3-9(8)12)7(4-11)5-13/h1-3,7H,4-5,13H2. The van der Waals surface area contributed by atoms with Gasteiger partial charge in [0.15, 0.2) is 0 Å². The molecule has 1 atom stereocenters. The number of halogens is 3. The summed E-state index contributed by atoms with van der Waals surface area (Å²) in [5, 5.41) is 0.0402. The van der Waals surface area contributed by atoms with Gasteiger partial charge in [0.05, 0.1) is 11.7 Å². The minimum absolute atomic E-state index is 0.0402. The van der Waals surface area contributed by atoms with Gasteiger partial charge < -0.3 is 5.73 Å². The van der Waals surface area contributed by atoms with Gasteiger partial charge in [-0.3, -0.25) is 4.39 Å². The second-order valence-electron chi connectivity index (χ2n) is 2.76. The second-order valence-corrected chi connectivity index (χ2v) is 3.17. The molecule has 4 heteroatoms. The molecule has 1 nitrogen and oxygen atoms in total. The maximum Gasteiger partial charge on any atom is 0.142 e. The monoisotopic (exact) mass is 205 g/mol. The molecule has 2 N–H and O–H groups in total. The molecular formula is C9H10ClF2N. The van der Waals surface area contributed by atoms with Crippen molar-refractivity contribution in [3.8, 4) is 0 Å². The molecule has 1 unspecified atom stereocenters. The Morgan fingerprint density at radius 1 is 1.46 bits per heavy atom. The SMILES string of the molecule is NCC(CF)c1ccc(Cl)c(F)c1. The van der Waals surface area contributed by atoms with Crippen LogP contribution in [0.4, 0.5) is 8.78 Å². The Hall–Kier alpha value is -0.670. The van der Waals surface area contributed by atoms with Gasteiger partial charge in [-0.25, -0.2) is 4.39 Å². The molecule has 13 heavy (non-hydrogen) atoms. The van der Waals surface area contributed by atoms with Crippen LogP contribution >= 0.6 is 11.6 Å². The maximum absolute atomic E-state index is 12.9. The summed E-state index contributed by atoms with van der Waals surface area (Å²) in [5.41, 5.74) is 5.86. The van der Waals surface area contributed by atoms with Crippen LogP contribution in [0.1, 0.15) is 11.5 Å². The summed E-state index contributed by atoms with van der Waals surface area (Å²) in [6, 6.07) is 4.21. The van der Waals surface area contributed by atoms with Crippen molar-refractivity contribution in [1.82, 2.24) is 0 Å². The highest BCUT2D eigenvalue weighted by atomic mass is 35.5. The van der Waals surface area contributed by atoms with Crippen molar-refractivity contribution in [1.29, 1.82) is 0 Å². The van der Waals surface area contributed by atoms with Gasteiger partial charge >= 0.3 is 0 Å². The smallest absolute Gasteiger partial charge is 0.142 e. The van der Waals surface area contributed by atoms with Gasteiger partial charge in [-0.05, 0) is 17.7 Å². The number of hydrogen-bond donors (Lipinski definition) is 1. The molecule has 0 amide bonds. The predicted octanol–water partition coefficient (Wildman–Crippen LogP) is 2.49. The summed E-state index contributed by atoms with van der Waals surface area (Å²) >= 11 is 5.47. The van der Waals surface area contributed by atoms with E-state index in [1.807, 2.05) is 0 Å². The molecule has 0 spiro atoms. The third-order valence-corrected chi connectivity index (χ3v) is 2.19. The third kappa shape index (κ3) is 2.39. The Labute approximate surface area is 80.5 Å². The summed E-state index contributed by atoms with van der Waals surface area (Å²) < 4.78 is 25.3. The fourth-order valence-electron chi connectivity index (χ4n) is 1.05. The van der Waals surface area contributed by atoms with Crippen LogP contribution < -0.4 is 5.73 Å². The summed E-state index contributed by atoms with van der Waals surface area (Å²) in [6.07, 6.45) is 0. The normalized spacial score (nSPS) is 12.9. The summed E-state index contributed by atoms with van der Waals surface area (Å²) in [7, 11) is 0. The molecule has 1 rings (SSSR count). The molecule has 0 aliphatic rings. The number of benzene rings is 1. The number of hydrogen-bond acceptors (Lipinski definition) is 1. The molecule has 0 heterocycles. The molecule has 72 valence electrons. The summed E-state index contributed by atoms with van der Waals surface area (Å²) in [6.45, 7) is -0.421. The molecule has 0 aliphatic carbocycles. The largest absolute Gasteiger partial charge is 0.330 e. The Bertz CT molecular complexity index is 287. The van der Waals surface area contributed by atoms with E-state index in [1.165, 1.54) is 12.1 Å². The first kappa shape index (κ1) is 10.4. The maximum atomic E-state index is 12.9. The zero-order valence-electron chi connectivity index (χ0n) is 6.93. The van der Waals surface area contributed by atoms with Gasteiger partial charge in [0.1, 0.15) is 5.82 Å². The molecule has 0 radical (unpaired) electrons. The van der Waals surface area contributed by atoms with Crippen LogP contribution in [-0.4, -0.2) is 13.2 Å². The lowest BCUT2D eigenvalue weighted by Crippen LogP contribution is -2.14. The molecular weight excluding hydrogens is 196 g/mol. The van der Waals surface area contributed by atoms with Gasteiger partial charge in [-0.2, -0.15) is 0 Å². The fraction of sp³-hybridized carbons (Fsp3) is 0.333. The lowest BCUT2D eigenvalue weighted by Gasteiger charge is -2.10. The third-order valence-electron chi connectivity index (χ3n) is 1.89. The van der Waals surface area contributed by atoms with Crippen LogP contribution in [0.5, 0.6) is 0 Å². The lowest BCUT2D eigenvalue weighted by molar-refractivity contribution is 0.433. The number of nitrogens with two attached hydrogens (primary N) is 1. The van der Waals surface area contributed by atoms with Crippen LogP contribution in [0.2, 0.25) is 5.02 Å². The van der Waals surface area contributed by atoms with E-state index in [1.54, 1.807) is 6.07 Å². The van der Waals surface area contributed by atoms with E-state index in [4.69, 9.17) is 17.3 Å². The zero-order chi connectivity index (χ0) is 9.84. The first-order chi connectivity index (χ1) is 6.19. The Balaban J connectivity index is 2.95. The van der Waals surface area contributed by atoms with Gasteiger partial charge in [0.2, 0.25) is 0 Å². The van der Waals surface area contributed by atoms with E-state index >= 15 is 0 Å². The quantitative estimate of drug-likeness (QED) is 0.806. The van der Waals surface area contributed by atoms with Crippen molar-refractivity contribution < 1.29 is 8.78 Å². The number of alkyl halides is 1.